The topological polar surface area (TPSA) is 77.3 Å². The molecule has 0 spiro atoms. The molecule has 1 saturated heterocycles. The van der Waals surface area contributed by atoms with Gasteiger partial charge in [0, 0.05) is 31.3 Å². The number of rotatable bonds is 4. The van der Waals surface area contributed by atoms with Crippen LogP contribution in [0.1, 0.15) is 53.7 Å². The molecule has 136 valence electrons. The number of likely N-dealkylation sites (tertiary alicyclic amines) is 1. The molecular weight excluding hydrogens is 332 g/mol. The molecule has 0 atom stereocenters. The van der Waals surface area contributed by atoms with Crippen LogP contribution in [0.4, 0.5) is 0 Å². The lowest BCUT2D eigenvalue weighted by Gasteiger charge is -2.32. The van der Waals surface area contributed by atoms with Gasteiger partial charge in [0.1, 0.15) is 5.56 Å². The van der Waals surface area contributed by atoms with E-state index in [4.69, 9.17) is 4.74 Å². The van der Waals surface area contributed by atoms with Gasteiger partial charge in [-0.15, -0.1) is 0 Å². The monoisotopic (exact) mass is 354 g/mol. The molecule has 1 saturated carbocycles. The van der Waals surface area contributed by atoms with Crippen molar-refractivity contribution in [2.24, 2.45) is 0 Å². The highest BCUT2D eigenvalue weighted by atomic mass is 16.5. The first-order chi connectivity index (χ1) is 12.7. The first-order valence-corrected chi connectivity index (χ1v) is 9.05. The second-order valence-electron chi connectivity index (χ2n) is 6.90. The smallest absolute Gasteiger partial charge is 0.267 e. The van der Waals surface area contributed by atoms with Gasteiger partial charge in [0.25, 0.3) is 11.5 Å². The van der Waals surface area contributed by atoms with Gasteiger partial charge in [-0.05, 0) is 43.9 Å². The van der Waals surface area contributed by atoms with Gasteiger partial charge < -0.3 is 9.64 Å². The molecule has 0 aromatic carbocycles. The lowest BCUT2D eigenvalue weighted by Crippen LogP contribution is -2.41. The van der Waals surface area contributed by atoms with Crippen molar-refractivity contribution in [1.82, 2.24) is 19.7 Å². The van der Waals surface area contributed by atoms with Crippen LogP contribution in [0.25, 0.3) is 0 Å². The van der Waals surface area contributed by atoms with Crippen LogP contribution in [-0.2, 0) is 0 Å². The van der Waals surface area contributed by atoms with Crippen molar-refractivity contribution < 1.29 is 9.53 Å². The number of hydrogen-bond acceptors (Lipinski definition) is 5. The molecule has 2 aromatic rings. The van der Waals surface area contributed by atoms with Gasteiger partial charge in [-0.25, -0.2) is 9.67 Å². The summed E-state index contributed by atoms with van der Waals surface area (Å²) in [7, 11) is 1.51. The zero-order valence-corrected chi connectivity index (χ0v) is 14.8. The molecule has 26 heavy (non-hydrogen) atoms. The molecule has 0 unspecified atom stereocenters. The van der Waals surface area contributed by atoms with Gasteiger partial charge in [-0.1, -0.05) is 0 Å². The largest absolute Gasteiger partial charge is 0.480 e. The predicted molar refractivity (Wildman–Crippen MR) is 95.4 cm³/mol. The van der Waals surface area contributed by atoms with Crippen molar-refractivity contribution in [1.29, 1.82) is 0 Å². The van der Waals surface area contributed by atoms with Crippen LogP contribution in [0.3, 0.4) is 0 Å². The molecule has 2 aliphatic rings. The Morgan fingerprint density at radius 3 is 2.62 bits per heavy atom. The van der Waals surface area contributed by atoms with Crippen LogP contribution in [0.2, 0.25) is 0 Å². The van der Waals surface area contributed by atoms with Crippen LogP contribution < -0.4 is 10.3 Å². The Morgan fingerprint density at radius 1 is 1.15 bits per heavy atom. The summed E-state index contributed by atoms with van der Waals surface area (Å²) in [6.07, 6.45) is 5.35. The molecule has 2 aromatic heterocycles. The summed E-state index contributed by atoms with van der Waals surface area (Å²) in [6.45, 7) is 1.17. The highest BCUT2D eigenvalue weighted by molar-refractivity contribution is 5.96. The van der Waals surface area contributed by atoms with Crippen LogP contribution in [0, 0.1) is 0 Å². The fourth-order valence-corrected chi connectivity index (χ4v) is 3.50. The molecule has 1 aliphatic heterocycles. The summed E-state index contributed by atoms with van der Waals surface area (Å²) >= 11 is 0. The maximum absolute atomic E-state index is 12.8. The van der Waals surface area contributed by atoms with Crippen LogP contribution >= 0.6 is 0 Å². The molecule has 7 heteroatoms. The van der Waals surface area contributed by atoms with Gasteiger partial charge >= 0.3 is 0 Å². The SMILES string of the molecule is COc1ncccc1C(=O)N1CCC(n2nc(C3CC3)ccc2=O)CC1. The van der Waals surface area contributed by atoms with E-state index in [1.165, 1.54) is 7.11 Å². The van der Waals surface area contributed by atoms with E-state index < -0.39 is 0 Å². The highest BCUT2D eigenvalue weighted by Gasteiger charge is 2.29. The summed E-state index contributed by atoms with van der Waals surface area (Å²) in [5.41, 5.74) is 1.43. The molecule has 0 bridgehead atoms. The van der Waals surface area contributed by atoms with E-state index in [9.17, 15) is 9.59 Å². The summed E-state index contributed by atoms with van der Waals surface area (Å²) in [6, 6.07) is 6.98. The number of pyridine rings is 1. The van der Waals surface area contributed by atoms with E-state index in [0.29, 0.717) is 30.5 Å². The molecule has 1 aliphatic carbocycles. The normalized spacial score (nSPS) is 18.0. The third-order valence-corrected chi connectivity index (χ3v) is 5.13. The summed E-state index contributed by atoms with van der Waals surface area (Å²) in [5, 5.41) is 4.58. The van der Waals surface area contributed by atoms with Gasteiger partial charge in [0.15, 0.2) is 0 Å². The molecule has 1 amide bonds. The molecule has 3 heterocycles. The van der Waals surface area contributed by atoms with E-state index in [-0.39, 0.29) is 17.5 Å². The van der Waals surface area contributed by atoms with Crippen molar-refractivity contribution in [3.63, 3.8) is 0 Å². The average molecular weight is 354 g/mol. The van der Waals surface area contributed by atoms with Crippen LogP contribution in [-0.4, -0.2) is 45.8 Å². The quantitative estimate of drug-likeness (QED) is 0.839. The molecule has 0 radical (unpaired) electrons. The molecule has 2 fully saturated rings. The van der Waals surface area contributed by atoms with Crippen molar-refractivity contribution in [3.8, 4) is 5.88 Å². The second kappa shape index (κ2) is 6.90. The zero-order valence-electron chi connectivity index (χ0n) is 14.8. The maximum atomic E-state index is 12.8. The maximum Gasteiger partial charge on any atom is 0.267 e. The van der Waals surface area contributed by atoms with Crippen LogP contribution in [0.5, 0.6) is 5.88 Å². The third kappa shape index (κ3) is 3.21. The number of carbonyl (C=O) groups excluding carboxylic acids is 1. The number of nitrogens with zero attached hydrogens (tertiary/aromatic N) is 4. The van der Waals surface area contributed by atoms with Crippen molar-refractivity contribution in [2.75, 3.05) is 20.2 Å². The fraction of sp³-hybridized carbons (Fsp3) is 0.474. The van der Waals surface area contributed by atoms with Gasteiger partial charge in [-0.3, -0.25) is 9.59 Å². The number of hydrogen-bond donors (Lipinski definition) is 0. The molecule has 4 rings (SSSR count). The lowest BCUT2D eigenvalue weighted by atomic mass is 10.0. The predicted octanol–water partition coefficient (Wildman–Crippen LogP) is 2.00. The van der Waals surface area contributed by atoms with Gasteiger partial charge in [0.05, 0.1) is 18.8 Å². The lowest BCUT2D eigenvalue weighted by molar-refractivity contribution is 0.0683. The minimum atomic E-state index is -0.0829. The molecular formula is C19H22N4O3. The van der Waals surface area contributed by atoms with Gasteiger partial charge in [-0.2, -0.15) is 5.10 Å². The Bertz CT molecular complexity index is 867. The minimum Gasteiger partial charge on any atom is -0.480 e. The summed E-state index contributed by atoms with van der Waals surface area (Å²) in [4.78, 5) is 30.9. The first kappa shape index (κ1) is 16.8. The van der Waals surface area contributed by atoms with E-state index >= 15 is 0 Å². The standard InChI is InChI=1S/C19H22N4O3/c1-26-18-15(3-2-10-20-18)19(25)22-11-8-14(9-12-22)23-17(24)7-6-16(21-23)13-4-5-13/h2-3,6-7,10,13-14H,4-5,8-9,11-12H2,1H3. The molecule has 0 N–H and O–H groups in total. The Kier molecular flexibility index (Phi) is 4.44. The number of aromatic nitrogens is 3. The number of amides is 1. The number of ether oxygens (including phenoxy) is 1. The summed E-state index contributed by atoms with van der Waals surface area (Å²) < 4.78 is 6.82. The van der Waals surface area contributed by atoms with E-state index in [1.54, 1.807) is 34.0 Å². The summed E-state index contributed by atoms with van der Waals surface area (Å²) in [5.74, 6) is 0.775. The highest BCUT2D eigenvalue weighted by Crippen LogP contribution is 2.38. The Balaban J connectivity index is 1.47. The van der Waals surface area contributed by atoms with Crippen molar-refractivity contribution in [3.05, 3.63) is 52.1 Å². The minimum absolute atomic E-state index is 0.0426. The fourth-order valence-electron chi connectivity index (χ4n) is 3.50. The molecule has 7 nitrogen and oxygen atoms in total. The van der Waals surface area contributed by atoms with E-state index in [1.807, 2.05) is 6.07 Å². The third-order valence-electron chi connectivity index (χ3n) is 5.13. The Morgan fingerprint density at radius 2 is 1.92 bits per heavy atom. The zero-order chi connectivity index (χ0) is 18.1. The Hall–Kier alpha value is -2.70. The van der Waals surface area contributed by atoms with Crippen molar-refractivity contribution in [2.45, 2.75) is 37.6 Å². The van der Waals surface area contributed by atoms with E-state index in [0.717, 1.165) is 31.4 Å². The first-order valence-electron chi connectivity index (χ1n) is 9.05. The number of carbonyl (C=O) groups is 1. The Labute approximate surface area is 151 Å². The van der Waals surface area contributed by atoms with E-state index in [2.05, 4.69) is 10.1 Å². The number of methoxy groups -OCH3 is 1. The number of piperidine rings is 1. The van der Waals surface area contributed by atoms with Crippen LogP contribution in [0.15, 0.2) is 35.3 Å². The van der Waals surface area contributed by atoms with Crippen molar-refractivity contribution >= 4 is 5.91 Å². The van der Waals surface area contributed by atoms with Gasteiger partial charge in [0.2, 0.25) is 5.88 Å². The second-order valence-corrected chi connectivity index (χ2v) is 6.90. The average Bonchev–Trinajstić information content (AvgIpc) is 3.53.